The maximum Gasteiger partial charge on any atom is 0.329 e. The van der Waals surface area contributed by atoms with E-state index >= 15 is 0 Å². The molecular formula is C13H19BrN4O3. The highest BCUT2D eigenvalue weighted by atomic mass is 79.9. The van der Waals surface area contributed by atoms with Gasteiger partial charge in [-0.05, 0) is 48.5 Å². The van der Waals surface area contributed by atoms with Crippen molar-refractivity contribution in [3.8, 4) is 0 Å². The van der Waals surface area contributed by atoms with E-state index in [4.69, 9.17) is 0 Å². The molecule has 0 radical (unpaired) electrons. The Morgan fingerprint density at radius 1 is 1.52 bits per heavy atom. The van der Waals surface area contributed by atoms with Gasteiger partial charge in [0.2, 0.25) is 0 Å². The van der Waals surface area contributed by atoms with E-state index in [-0.39, 0.29) is 12.5 Å². The summed E-state index contributed by atoms with van der Waals surface area (Å²) < 4.78 is 2.52. The van der Waals surface area contributed by atoms with E-state index in [1.165, 1.54) is 0 Å². The van der Waals surface area contributed by atoms with Gasteiger partial charge in [-0.1, -0.05) is 0 Å². The molecule has 1 aromatic heterocycles. The Balaban J connectivity index is 1.97. The quantitative estimate of drug-likeness (QED) is 0.743. The summed E-state index contributed by atoms with van der Waals surface area (Å²) in [6.45, 7) is 3.68. The third kappa shape index (κ3) is 3.20. The van der Waals surface area contributed by atoms with Gasteiger partial charge >= 0.3 is 12.0 Å². The van der Waals surface area contributed by atoms with Crippen molar-refractivity contribution in [1.29, 1.82) is 0 Å². The van der Waals surface area contributed by atoms with Crippen LogP contribution in [0.2, 0.25) is 0 Å². The molecule has 0 aromatic carbocycles. The fourth-order valence-corrected chi connectivity index (χ4v) is 2.78. The second kappa shape index (κ2) is 5.67. The van der Waals surface area contributed by atoms with Gasteiger partial charge in [-0.2, -0.15) is 5.10 Å². The van der Waals surface area contributed by atoms with Crippen LogP contribution in [0, 0.1) is 12.8 Å². The highest BCUT2D eigenvalue weighted by molar-refractivity contribution is 9.10. The lowest BCUT2D eigenvalue weighted by Crippen LogP contribution is -2.56. The Bertz CT molecular complexity index is 582. The van der Waals surface area contributed by atoms with E-state index in [1.54, 1.807) is 18.7 Å². The molecule has 8 heteroatoms. The van der Waals surface area contributed by atoms with E-state index in [1.807, 2.05) is 6.92 Å². The average molecular weight is 359 g/mol. The number of aryl methyl sites for hydroxylation is 2. The fourth-order valence-electron chi connectivity index (χ4n) is 2.31. The Kier molecular flexibility index (Phi) is 4.27. The Hall–Kier alpha value is -1.57. The van der Waals surface area contributed by atoms with Gasteiger partial charge in [0.15, 0.2) is 0 Å². The number of halogens is 1. The summed E-state index contributed by atoms with van der Waals surface area (Å²) in [5.41, 5.74) is 0.457. The van der Waals surface area contributed by atoms with Crippen molar-refractivity contribution in [3.05, 3.63) is 15.9 Å². The minimum Gasteiger partial charge on any atom is -0.480 e. The number of carbonyl (C=O) groups excluding carboxylic acids is 1. The zero-order chi connectivity index (χ0) is 15.8. The van der Waals surface area contributed by atoms with Crippen molar-refractivity contribution in [2.24, 2.45) is 13.0 Å². The highest BCUT2D eigenvalue weighted by Gasteiger charge is 2.48. The lowest BCUT2D eigenvalue weighted by molar-refractivity contribution is -0.144. The molecule has 21 heavy (non-hydrogen) atoms. The number of carboxylic acids is 1. The minimum atomic E-state index is -1.20. The van der Waals surface area contributed by atoms with Crippen molar-refractivity contribution in [1.82, 2.24) is 20.4 Å². The fraction of sp³-hybridized carbons (Fsp3) is 0.615. The molecule has 1 aliphatic rings. The molecule has 1 unspecified atom stereocenters. The predicted octanol–water partition coefficient (Wildman–Crippen LogP) is 1.54. The molecule has 0 bridgehead atoms. The molecule has 1 fully saturated rings. The maximum absolute atomic E-state index is 12.0. The SMILES string of the molecule is Cc1nn(C)c(CNC(=O)NC(C)(C(=O)O)C2CC2)c1Br. The molecule has 2 amide bonds. The van der Waals surface area contributed by atoms with Crippen LogP contribution in [0.1, 0.15) is 31.2 Å². The standard InChI is InChI=1S/C13H19BrN4O3/c1-7-10(14)9(18(3)17-7)6-15-12(21)16-13(2,11(19)20)8-4-5-8/h8H,4-6H2,1-3H3,(H,19,20)(H2,15,16,21). The summed E-state index contributed by atoms with van der Waals surface area (Å²) in [7, 11) is 1.79. The zero-order valence-electron chi connectivity index (χ0n) is 12.2. The van der Waals surface area contributed by atoms with Gasteiger partial charge in [-0.25, -0.2) is 9.59 Å². The first kappa shape index (κ1) is 15.8. The van der Waals surface area contributed by atoms with Crippen LogP contribution in [0.25, 0.3) is 0 Å². The normalized spacial score (nSPS) is 17.1. The summed E-state index contributed by atoms with van der Waals surface area (Å²) in [4.78, 5) is 23.3. The third-order valence-corrected chi connectivity index (χ3v) is 4.92. The van der Waals surface area contributed by atoms with Crippen LogP contribution in [0.5, 0.6) is 0 Å². The lowest BCUT2D eigenvalue weighted by Gasteiger charge is -2.26. The first-order chi connectivity index (χ1) is 9.75. The molecular weight excluding hydrogens is 340 g/mol. The Morgan fingerprint density at radius 3 is 2.57 bits per heavy atom. The lowest BCUT2D eigenvalue weighted by atomic mass is 9.96. The van der Waals surface area contributed by atoms with Gasteiger partial charge in [-0.3, -0.25) is 4.68 Å². The molecule has 1 heterocycles. The van der Waals surface area contributed by atoms with Crippen molar-refractivity contribution in [2.45, 2.75) is 38.8 Å². The summed E-state index contributed by atoms with van der Waals surface area (Å²) >= 11 is 3.42. The van der Waals surface area contributed by atoms with Crippen LogP contribution in [0.4, 0.5) is 4.79 Å². The smallest absolute Gasteiger partial charge is 0.329 e. The first-order valence-corrected chi connectivity index (χ1v) is 7.52. The molecule has 1 aromatic rings. The molecule has 116 valence electrons. The van der Waals surface area contributed by atoms with Gasteiger partial charge in [0, 0.05) is 7.05 Å². The second-order valence-electron chi connectivity index (χ2n) is 5.56. The van der Waals surface area contributed by atoms with Gasteiger partial charge in [0.25, 0.3) is 0 Å². The molecule has 0 aliphatic heterocycles. The Labute approximate surface area is 131 Å². The largest absolute Gasteiger partial charge is 0.480 e. The summed E-state index contributed by atoms with van der Waals surface area (Å²) in [6.07, 6.45) is 1.66. The number of aromatic nitrogens is 2. The van der Waals surface area contributed by atoms with Crippen LogP contribution in [-0.4, -0.2) is 32.4 Å². The van der Waals surface area contributed by atoms with E-state index in [2.05, 4.69) is 31.7 Å². The number of hydrogen-bond donors (Lipinski definition) is 3. The van der Waals surface area contributed by atoms with Crippen molar-refractivity contribution >= 4 is 27.9 Å². The number of rotatable bonds is 5. The average Bonchev–Trinajstić information content (AvgIpc) is 3.19. The maximum atomic E-state index is 12.0. The topological polar surface area (TPSA) is 96.3 Å². The number of nitrogens with one attached hydrogen (secondary N) is 2. The first-order valence-electron chi connectivity index (χ1n) is 6.73. The predicted molar refractivity (Wildman–Crippen MR) is 79.8 cm³/mol. The van der Waals surface area contributed by atoms with Gasteiger partial charge in [0.05, 0.1) is 22.4 Å². The molecule has 0 saturated heterocycles. The van der Waals surface area contributed by atoms with E-state index in [0.29, 0.717) is 0 Å². The van der Waals surface area contributed by atoms with Crippen LogP contribution < -0.4 is 10.6 Å². The van der Waals surface area contributed by atoms with Crippen LogP contribution >= 0.6 is 15.9 Å². The molecule has 7 nitrogen and oxygen atoms in total. The number of nitrogens with zero attached hydrogens (tertiary/aromatic N) is 2. The number of urea groups is 1. The highest BCUT2D eigenvalue weighted by Crippen LogP contribution is 2.39. The van der Waals surface area contributed by atoms with Gasteiger partial charge in [0.1, 0.15) is 5.54 Å². The molecule has 1 saturated carbocycles. The minimum absolute atomic E-state index is 0.00596. The Morgan fingerprint density at radius 2 is 2.14 bits per heavy atom. The number of carbonyl (C=O) groups is 2. The second-order valence-corrected chi connectivity index (χ2v) is 6.35. The number of aliphatic carboxylic acids is 1. The van der Waals surface area contributed by atoms with Crippen LogP contribution in [-0.2, 0) is 18.4 Å². The van der Waals surface area contributed by atoms with Crippen molar-refractivity contribution in [3.63, 3.8) is 0 Å². The monoisotopic (exact) mass is 358 g/mol. The molecule has 2 rings (SSSR count). The van der Waals surface area contributed by atoms with Gasteiger partial charge < -0.3 is 15.7 Å². The molecule has 0 spiro atoms. The van der Waals surface area contributed by atoms with Crippen molar-refractivity contribution in [2.75, 3.05) is 0 Å². The third-order valence-electron chi connectivity index (χ3n) is 3.89. The van der Waals surface area contributed by atoms with Crippen LogP contribution in [0.15, 0.2) is 4.47 Å². The van der Waals surface area contributed by atoms with E-state index < -0.39 is 17.5 Å². The molecule has 1 atom stereocenters. The van der Waals surface area contributed by atoms with Gasteiger partial charge in [-0.15, -0.1) is 0 Å². The number of hydrogen-bond acceptors (Lipinski definition) is 3. The molecule has 1 aliphatic carbocycles. The summed E-state index contributed by atoms with van der Waals surface area (Å²) in [5.74, 6) is -0.996. The number of carboxylic acid groups (broad SMARTS) is 1. The van der Waals surface area contributed by atoms with Crippen molar-refractivity contribution < 1.29 is 14.7 Å². The summed E-state index contributed by atoms with van der Waals surface area (Å²) in [5, 5.41) is 18.8. The van der Waals surface area contributed by atoms with E-state index in [0.717, 1.165) is 28.7 Å². The summed E-state index contributed by atoms with van der Waals surface area (Å²) in [6, 6.07) is -0.488. The molecule has 3 N–H and O–H groups in total. The number of amides is 2. The zero-order valence-corrected chi connectivity index (χ0v) is 13.8. The van der Waals surface area contributed by atoms with Crippen LogP contribution in [0.3, 0.4) is 0 Å². The van der Waals surface area contributed by atoms with E-state index in [9.17, 15) is 14.7 Å².